The van der Waals surface area contributed by atoms with Crippen LogP contribution < -0.4 is 10.3 Å². The van der Waals surface area contributed by atoms with Crippen molar-refractivity contribution >= 4 is 0 Å². The van der Waals surface area contributed by atoms with Gasteiger partial charge in [-0.05, 0) is 26.3 Å². The van der Waals surface area contributed by atoms with Gasteiger partial charge in [0.25, 0.3) is 5.56 Å². The van der Waals surface area contributed by atoms with Crippen molar-refractivity contribution in [2.75, 3.05) is 13.2 Å². The number of nitrogens with zero attached hydrogens (tertiary/aromatic N) is 3. The molecule has 2 heterocycles. The van der Waals surface area contributed by atoms with Crippen molar-refractivity contribution in [1.82, 2.24) is 9.78 Å². The first-order valence-corrected chi connectivity index (χ1v) is 8.38. The first-order chi connectivity index (χ1) is 12.4. The van der Waals surface area contributed by atoms with Gasteiger partial charge in [-0.25, -0.2) is 4.68 Å². The van der Waals surface area contributed by atoms with E-state index in [1.807, 2.05) is 51.1 Å². The fraction of sp³-hybridized carbons (Fsp3) is 0.421. The predicted molar refractivity (Wildman–Crippen MR) is 93.6 cm³/mol. The monoisotopic (exact) mass is 355 g/mol. The van der Waals surface area contributed by atoms with E-state index in [0.29, 0.717) is 13.2 Å². The molecular formula is C19H21N3O4. The quantitative estimate of drug-likeness (QED) is 0.837. The minimum absolute atomic E-state index is 0.0423. The fourth-order valence-corrected chi connectivity index (χ4v) is 2.61. The third-order valence-corrected chi connectivity index (χ3v) is 3.96. The molecule has 1 saturated heterocycles. The second-order valence-electron chi connectivity index (χ2n) is 6.99. The van der Waals surface area contributed by atoms with E-state index < -0.39 is 11.1 Å². The van der Waals surface area contributed by atoms with Gasteiger partial charge in [0, 0.05) is 5.56 Å². The van der Waals surface area contributed by atoms with Gasteiger partial charge in [-0.3, -0.25) is 4.79 Å². The van der Waals surface area contributed by atoms with Crippen LogP contribution in [0.25, 0.3) is 0 Å². The maximum atomic E-state index is 12.4. The summed E-state index contributed by atoms with van der Waals surface area (Å²) >= 11 is 0. The van der Waals surface area contributed by atoms with Crippen LogP contribution in [-0.4, -0.2) is 23.0 Å². The molecule has 1 aromatic carbocycles. The van der Waals surface area contributed by atoms with E-state index in [1.54, 1.807) is 0 Å². The van der Waals surface area contributed by atoms with Gasteiger partial charge in [0.15, 0.2) is 17.6 Å². The van der Waals surface area contributed by atoms with Crippen molar-refractivity contribution in [2.24, 2.45) is 0 Å². The lowest BCUT2D eigenvalue weighted by molar-refractivity contribution is -0.0441. The second-order valence-corrected chi connectivity index (χ2v) is 6.99. The zero-order valence-corrected chi connectivity index (χ0v) is 15.1. The van der Waals surface area contributed by atoms with E-state index in [-0.39, 0.29) is 24.2 Å². The Bertz CT molecular complexity index is 870. The average molecular weight is 355 g/mol. The molecule has 0 amide bonds. The Kier molecular flexibility index (Phi) is 5.07. The van der Waals surface area contributed by atoms with Crippen LogP contribution in [-0.2, 0) is 21.6 Å². The molecule has 0 spiro atoms. The summed E-state index contributed by atoms with van der Waals surface area (Å²) in [6.45, 7) is 6.97. The number of benzene rings is 1. The summed E-state index contributed by atoms with van der Waals surface area (Å²) in [6.07, 6.45) is 1.10. The summed E-state index contributed by atoms with van der Waals surface area (Å²) < 4.78 is 17.9. The molecular weight excluding hydrogens is 334 g/mol. The third-order valence-electron chi connectivity index (χ3n) is 3.96. The van der Waals surface area contributed by atoms with Gasteiger partial charge < -0.3 is 14.2 Å². The Morgan fingerprint density at radius 2 is 1.92 bits per heavy atom. The molecule has 0 N–H and O–H groups in total. The van der Waals surface area contributed by atoms with Crippen molar-refractivity contribution < 1.29 is 14.2 Å². The molecule has 7 heteroatoms. The Labute approximate surface area is 151 Å². The molecule has 0 bridgehead atoms. The first-order valence-electron chi connectivity index (χ1n) is 8.38. The topological polar surface area (TPSA) is 86.4 Å². The summed E-state index contributed by atoms with van der Waals surface area (Å²) in [5, 5.41) is 13.5. The third kappa shape index (κ3) is 3.77. The molecule has 0 saturated carbocycles. The second kappa shape index (κ2) is 7.28. The Hall–Kier alpha value is -2.69. The minimum Gasteiger partial charge on any atom is -0.486 e. The van der Waals surface area contributed by atoms with Crippen LogP contribution in [0.3, 0.4) is 0 Å². The first kappa shape index (κ1) is 18.1. The molecule has 1 aliphatic heterocycles. The van der Waals surface area contributed by atoms with E-state index in [1.165, 1.54) is 10.9 Å². The largest absolute Gasteiger partial charge is 0.486 e. The number of hydrogen-bond acceptors (Lipinski definition) is 6. The summed E-state index contributed by atoms with van der Waals surface area (Å²) in [7, 11) is 0. The van der Waals surface area contributed by atoms with E-state index >= 15 is 0 Å². The molecule has 0 atom stereocenters. The maximum absolute atomic E-state index is 12.4. The smallest absolute Gasteiger partial charge is 0.289 e. The SMILES string of the molecule is CC(C)(C)n1ncc(OCc2ccc(C3OCCO3)cc2)c(C#N)c1=O. The molecule has 7 nitrogen and oxygen atoms in total. The number of rotatable bonds is 4. The van der Waals surface area contributed by atoms with E-state index in [2.05, 4.69) is 5.10 Å². The number of aromatic nitrogens is 2. The Morgan fingerprint density at radius 3 is 2.50 bits per heavy atom. The maximum Gasteiger partial charge on any atom is 0.289 e. The van der Waals surface area contributed by atoms with Crippen LogP contribution in [0, 0.1) is 11.3 Å². The number of hydrogen-bond donors (Lipinski definition) is 0. The normalized spacial score (nSPS) is 15.0. The molecule has 0 unspecified atom stereocenters. The van der Waals surface area contributed by atoms with Gasteiger partial charge in [-0.1, -0.05) is 24.3 Å². The van der Waals surface area contributed by atoms with Crippen LogP contribution in [0.1, 0.15) is 43.8 Å². The lowest BCUT2D eigenvalue weighted by atomic mass is 10.1. The predicted octanol–water partition coefficient (Wildman–Crippen LogP) is 2.49. The van der Waals surface area contributed by atoms with Gasteiger partial charge >= 0.3 is 0 Å². The molecule has 1 fully saturated rings. The minimum atomic E-state index is -0.512. The molecule has 0 aliphatic carbocycles. The molecule has 1 aromatic heterocycles. The van der Waals surface area contributed by atoms with Crippen molar-refractivity contribution in [3.63, 3.8) is 0 Å². The molecule has 3 rings (SSSR count). The van der Waals surface area contributed by atoms with E-state index in [0.717, 1.165) is 11.1 Å². The van der Waals surface area contributed by atoms with Crippen LogP contribution in [0.5, 0.6) is 5.75 Å². The Morgan fingerprint density at radius 1 is 1.27 bits per heavy atom. The highest BCUT2D eigenvalue weighted by Crippen LogP contribution is 2.24. The fourth-order valence-electron chi connectivity index (χ4n) is 2.61. The molecule has 136 valence electrons. The van der Waals surface area contributed by atoms with Crippen molar-refractivity contribution in [3.05, 3.63) is 57.5 Å². The van der Waals surface area contributed by atoms with E-state index in [4.69, 9.17) is 14.2 Å². The van der Waals surface area contributed by atoms with E-state index in [9.17, 15) is 10.1 Å². The zero-order chi connectivity index (χ0) is 18.7. The van der Waals surface area contributed by atoms with Gasteiger partial charge in [0.1, 0.15) is 12.7 Å². The molecule has 26 heavy (non-hydrogen) atoms. The highest BCUT2D eigenvalue weighted by Gasteiger charge is 2.21. The van der Waals surface area contributed by atoms with Gasteiger partial charge in [-0.2, -0.15) is 10.4 Å². The van der Waals surface area contributed by atoms with Gasteiger partial charge in [0.05, 0.1) is 24.9 Å². The summed E-state index contributed by atoms with van der Waals surface area (Å²) in [4.78, 5) is 12.4. The van der Waals surface area contributed by atoms with Crippen LogP contribution >= 0.6 is 0 Å². The van der Waals surface area contributed by atoms with Crippen LogP contribution in [0.2, 0.25) is 0 Å². The van der Waals surface area contributed by atoms with Gasteiger partial charge in [0.2, 0.25) is 0 Å². The highest BCUT2D eigenvalue weighted by molar-refractivity contribution is 5.39. The highest BCUT2D eigenvalue weighted by atomic mass is 16.7. The van der Waals surface area contributed by atoms with Crippen molar-refractivity contribution in [1.29, 1.82) is 5.26 Å². The van der Waals surface area contributed by atoms with Crippen LogP contribution in [0.4, 0.5) is 0 Å². The zero-order valence-electron chi connectivity index (χ0n) is 15.1. The molecule has 1 aliphatic rings. The lowest BCUT2D eigenvalue weighted by Gasteiger charge is -2.21. The number of ether oxygens (including phenoxy) is 3. The van der Waals surface area contributed by atoms with Crippen molar-refractivity contribution in [3.8, 4) is 11.8 Å². The Balaban J connectivity index is 1.74. The van der Waals surface area contributed by atoms with Gasteiger partial charge in [-0.15, -0.1) is 0 Å². The molecule has 2 aromatic rings. The average Bonchev–Trinajstić information content (AvgIpc) is 3.14. The lowest BCUT2D eigenvalue weighted by Crippen LogP contribution is -2.37. The number of nitriles is 1. The summed E-state index contributed by atoms with van der Waals surface area (Å²) in [5.74, 6) is 0.185. The molecule has 0 radical (unpaired) electrons. The summed E-state index contributed by atoms with van der Waals surface area (Å²) in [6, 6.07) is 9.55. The van der Waals surface area contributed by atoms with Crippen molar-refractivity contribution in [2.45, 2.75) is 39.2 Å². The van der Waals surface area contributed by atoms with Crippen LogP contribution in [0.15, 0.2) is 35.3 Å². The standard InChI is InChI=1S/C19H21N3O4/c1-19(2,3)22-17(23)15(10-20)16(11-21-22)26-12-13-4-6-14(7-5-13)18-24-8-9-25-18/h4-7,11,18H,8-9,12H2,1-3H3. The summed E-state index contributed by atoms with van der Waals surface area (Å²) in [5.41, 5.74) is 0.832.